The highest BCUT2D eigenvalue weighted by Gasteiger charge is 2.52. The minimum absolute atomic E-state index is 0.0123. The number of anilines is 2. The van der Waals surface area contributed by atoms with E-state index in [9.17, 15) is 18.0 Å². The van der Waals surface area contributed by atoms with Crippen LogP contribution in [0.2, 0.25) is 10.0 Å². The molecule has 0 radical (unpaired) electrons. The van der Waals surface area contributed by atoms with Crippen molar-refractivity contribution in [1.82, 2.24) is 24.1 Å². The van der Waals surface area contributed by atoms with Crippen molar-refractivity contribution in [3.05, 3.63) is 68.7 Å². The Hall–Kier alpha value is -2.48. The average molecular weight is 696 g/mol. The predicted molar refractivity (Wildman–Crippen MR) is 164 cm³/mol. The molecule has 1 N–H and O–H groups in total. The summed E-state index contributed by atoms with van der Waals surface area (Å²) in [5.74, 6) is -0.182. The number of fused-ring (bicyclic) bond motifs is 1. The molecule has 42 heavy (non-hydrogen) atoms. The van der Waals surface area contributed by atoms with Gasteiger partial charge >= 0.3 is 0 Å². The first-order chi connectivity index (χ1) is 20.0. The van der Waals surface area contributed by atoms with E-state index in [0.29, 0.717) is 28.8 Å². The molecule has 10 nitrogen and oxygen atoms in total. The van der Waals surface area contributed by atoms with Crippen LogP contribution in [0.5, 0.6) is 0 Å². The molecule has 0 unspecified atom stereocenters. The molecule has 2 amide bonds. The predicted octanol–water partition coefficient (Wildman–Crippen LogP) is 4.17. The van der Waals surface area contributed by atoms with Gasteiger partial charge in [-0.1, -0.05) is 51.3 Å². The van der Waals surface area contributed by atoms with Gasteiger partial charge in [0.25, 0.3) is 15.9 Å². The summed E-state index contributed by atoms with van der Waals surface area (Å²) in [6.07, 6.45) is 3.26. The Morgan fingerprint density at radius 3 is 2.38 bits per heavy atom. The van der Waals surface area contributed by atoms with Gasteiger partial charge in [0.05, 0.1) is 17.9 Å². The van der Waals surface area contributed by atoms with Crippen LogP contribution in [-0.4, -0.2) is 77.8 Å². The summed E-state index contributed by atoms with van der Waals surface area (Å²) in [5, 5.41) is 3.79. The number of carbonyl (C=O) groups excluding carboxylic acids is 2. The second kappa shape index (κ2) is 11.2. The maximum atomic E-state index is 14.3. The van der Waals surface area contributed by atoms with Crippen molar-refractivity contribution < 1.29 is 18.0 Å². The zero-order valence-corrected chi connectivity index (χ0v) is 26.7. The summed E-state index contributed by atoms with van der Waals surface area (Å²) in [5.41, 5.74) is -0.0980. The van der Waals surface area contributed by atoms with Crippen LogP contribution in [0.4, 0.5) is 11.6 Å². The minimum Gasteiger partial charge on any atom is -0.339 e. The zero-order chi connectivity index (χ0) is 29.8. The average Bonchev–Trinajstić information content (AvgIpc) is 3.69. The molecule has 14 heteroatoms. The third-order valence-electron chi connectivity index (χ3n) is 8.15. The first kappa shape index (κ1) is 29.6. The van der Waals surface area contributed by atoms with E-state index in [4.69, 9.17) is 23.2 Å². The molecule has 2 saturated heterocycles. The number of sulfonamides is 1. The fourth-order valence-electron chi connectivity index (χ4n) is 6.01. The Bertz CT molecular complexity index is 1630. The lowest BCUT2D eigenvalue weighted by molar-refractivity contribution is -0.134. The standard InChI is InChI=1S/C28H29BrCl2N6O4S/c1-28(16-18-4-6-19(29)7-5-18)26(39)36(22-14-20(30)13-21(31)15-22)27-33-17-24(37(27)28)42(40,41)35-11-9-34(10-12-35)25(38)23-3-2-8-32-23/h4-7,13-15,17,23,32H,2-3,8-12,16H2,1H3/t23-,28+/m0/s1. The van der Waals surface area contributed by atoms with E-state index in [1.807, 2.05) is 24.3 Å². The summed E-state index contributed by atoms with van der Waals surface area (Å²) in [4.78, 5) is 34.7. The van der Waals surface area contributed by atoms with Crippen molar-refractivity contribution in [1.29, 1.82) is 0 Å². The van der Waals surface area contributed by atoms with Gasteiger partial charge in [-0.05, 0) is 62.2 Å². The van der Waals surface area contributed by atoms with Gasteiger partial charge in [-0.25, -0.2) is 18.3 Å². The van der Waals surface area contributed by atoms with Crippen LogP contribution in [-0.2, 0) is 31.6 Å². The summed E-state index contributed by atoms with van der Waals surface area (Å²) >= 11 is 16.0. The molecule has 0 saturated carbocycles. The maximum Gasteiger partial charge on any atom is 0.260 e. The van der Waals surface area contributed by atoms with Gasteiger partial charge in [0.1, 0.15) is 5.54 Å². The molecular formula is C28H29BrCl2N6O4S. The molecule has 0 spiro atoms. The Morgan fingerprint density at radius 1 is 1.10 bits per heavy atom. The quantitative estimate of drug-likeness (QED) is 0.415. The van der Waals surface area contributed by atoms with Crippen molar-refractivity contribution in [2.75, 3.05) is 37.6 Å². The molecule has 222 valence electrons. The number of hydrogen-bond donors (Lipinski definition) is 1. The lowest BCUT2D eigenvalue weighted by Crippen LogP contribution is -2.54. The van der Waals surface area contributed by atoms with Gasteiger partial charge in [-0.3, -0.25) is 14.2 Å². The van der Waals surface area contributed by atoms with E-state index in [0.717, 1.165) is 29.4 Å². The number of imidazole rings is 1. The van der Waals surface area contributed by atoms with Crippen LogP contribution in [0.3, 0.4) is 0 Å². The molecule has 0 aliphatic carbocycles. The fourth-order valence-corrected chi connectivity index (χ4v) is 8.40. The lowest BCUT2D eigenvalue weighted by atomic mass is 9.92. The van der Waals surface area contributed by atoms with Crippen LogP contribution in [0, 0.1) is 0 Å². The number of benzene rings is 2. The summed E-state index contributed by atoms with van der Waals surface area (Å²) in [6.45, 7) is 3.41. The van der Waals surface area contributed by atoms with Gasteiger partial charge in [0.2, 0.25) is 11.9 Å². The largest absolute Gasteiger partial charge is 0.339 e. The smallest absolute Gasteiger partial charge is 0.260 e. The molecule has 0 bridgehead atoms. The second-order valence-corrected chi connectivity index (χ2v) is 14.6. The summed E-state index contributed by atoms with van der Waals surface area (Å²) < 4.78 is 32.1. The SMILES string of the molecule is C[C@@]1(Cc2ccc(Br)cc2)C(=O)N(c2cc(Cl)cc(Cl)c2)c2ncc(S(=O)(=O)N3CCN(C(=O)[C@@H]4CCCN4)CC3)n21. The number of aromatic nitrogens is 2. The molecule has 2 aromatic carbocycles. The number of piperazine rings is 1. The highest BCUT2D eigenvalue weighted by Crippen LogP contribution is 2.45. The number of nitrogens with one attached hydrogen (secondary N) is 1. The van der Waals surface area contributed by atoms with Crippen molar-refractivity contribution in [3.63, 3.8) is 0 Å². The molecule has 3 aliphatic rings. The molecule has 6 rings (SSSR count). The van der Waals surface area contributed by atoms with E-state index in [1.165, 1.54) is 20.0 Å². The van der Waals surface area contributed by atoms with Crippen molar-refractivity contribution in [2.45, 2.75) is 42.8 Å². The Morgan fingerprint density at radius 2 is 1.76 bits per heavy atom. The highest BCUT2D eigenvalue weighted by molar-refractivity contribution is 9.10. The van der Waals surface area contributed by atoms with Crippen LogP contribution >= 0.6 is 39.1 Å². The van der Waals surface area contributed by atoms with Gasteiger partial charge in [0, 0.05) is 47.1 Å². The fraction of sp³-hybridized carbons (Fsp3) is 0.393. The first-order valence-electron chi connectivity index (χ1n) is 13.6. The van der Waals surface area contributed by atoms with E-state index >= 15 is 0 Å². The van der Waals surface area contributed by atoms with Crippen molar-refractivity contribution >= 4 is 72.6 Å². The van der Waals surface area contributed by atoms with Crippen LogP contribution in [0.25, 0.3) is 0 Å². The topological polar surface area (TPSA) is 108 Å². The first-order valence-corrected chi connectivity index (χ1v) is 16.6. The number of carbonyl (C=O) groups is 2. The van der Waals surface area contributed by atoms with Gasteiger partial charge in [-0.15, -0.1) is 0 Å². The van der Waals surface area contributed by atoms with E-state index in [2.05, 4.69) is 26.2 Å². The Kier molecular flexibility index (Phi) is 7.90. The van der Waals surface area contributed by atoms with E-state index in [1.54, 1.807) is 30.0 Å². The van der Waals surface area contributed by atoms with Gasteiger partial charge < -0.3 is 10.2 Å². The van der Waals surface area contributed by atoms with Crippen LogP contribution in [0.1, 0.15) is 25.3 Å². The molecule has 3 aromatic rings. The Labute approximate surface area is 262 Å². The monoisotopic (exact) mass is 694 g/mol. The van der Waals surface area contributed by atoms with Crippen LogP contribution in [0.15, 0.2) is 58.2 Å². The number of amides is 2. The van der Waals surface area contributed by atoms with Crippen molar-refractivity contribution in [2.24, 2.45) is 0 Å². The second-order valence-electron chi connectivity index (χ2n) is 11.0. The number of nitrogens with zero attached hydrogens (tertiary/aromatic N) is 5. The number of halogens is 3. The number of rotatable bonds is 6. The molecule has 2 fully saturated rings. The summed E-state index contributed by atoms with van der Waals surface area (Å²) in [7, 11) is -4.09. The molecule has 4 heterocycles. The maximum absolute atomic E-state index is 14.3. The molecule has 3 aliphatic heterocycles. The molecule has 2 atom stereocenters. The molecular weight excluding hydrogens is 667 g/mol. The minimum atomic E-state index is -4.09. The van der Waals surface area contributed by atoms with E-state index in [-0.39, 0.29) is 48.3 Å². The number of hydrogen-bond acceptors (Lipinski definition) is 6. The highest BCUT2D eigenvalue weighted by atomic mass is 79.9. The lowest BCUT2D eigenvalue weighted by Gasteiger charge is -2.35. The third kappa shape index (κ3) is 5.16. The van der Waals surface area contributed by atoms with Gasteiger partial charge in [-0.2, -0.15) is 4.31 Å². The zero-order valence-electron chi connectivity index (χ0n) is 22.8. The normalized spacial score (nSPS) is 23.0. The third-order valence-corrected chi connectivity index (χ3v) is 11.0. The van der Waals surface area contributed by atoms with E-state index < -0.39 is 15.6 Å². The Balaban J connectivity index is 1.37. The van der Waals surface area contributed by atoms with Crippen LogP contribution < -0.4 is 10.2 Å². The van der Waals surface area contributed by atoms with Gasteiger partial charge in [0.15, 0.2) is 5.03 Å². The molecule has 1 aromatic heterocycles. The van der Waals surface area contributed by atoms with Crippen molar-refractivity contribution in [3.8, 4) is 0 Å². The summed E-state index contributed by atoms with van der Waals surface area (Å²) in [6, 6.07) is 12.1.